The number of piperidine rings is 1. The van der Waals surface area contributed by atoms with E-state index in [-0.39, 0.29) is 0 Å². The molecule has 1 fully saturated rings. The summed E-state index contributed by atoms with van der Waals surface area (Å²) in [5, 5.41) is 3.83. The van der Waals surface area contributed by atoms with Crippen molar-refractivity contribution in [3.8, 4) is 5.75 Å². The van der Waals surface area contributed by atoms with Gasteiger partial charge in [-0.15, -0.1) is 0 Å². The monoisotopic (exact) mass is 290 g/mol. The molecule has 0 bridgehead atoms. The maximum Gasteiger partial charge on any atom is 0.171 e. The highest BCUT2D eigenvalue weighted by molar-refractivity contribution is 5.61. The topological polar surface area (TPSA) is 50.4 Å². The highest BCUT2D eigenvalue weighted by Gasteiger charge is 2.14. The zero-order valence-corrected chi connectivity index (χ0v) is 13.2. The molecule has 0 atom stereocenters. The first-order valence-corrected chi connectivity index (χ1v) is 8.28. The molecule has 0 amide bonds. The molecule has 21 heavy (non-hydrogen) atoms. The van der Waals surface area contributed by atoms with E-state index < -0.39 is 0 Å². The first-order chi connectivity index (χ1) is 10.3. The van der Waals surface area contributed by atoms with Crippen LogP contribution in [-0.2, 0) is 0 Å². The molecule has 0 unspecified atom stereocenters. The highest BCUT2D eigenvalue weighted by atomic mass is 16.5. The van der Waals surface area contributed by atoms with Crippen LogP contribution >= 0.6 is 0 Å². The predicted octanol–water partition coefficient (Wildman–Crippen LogP) is 3.48. The molecule has 0 aromatic heterocycles. The average molecular weight is 290 g/mol. The van der Waals surface area contributed by atoms with Crippen molar-refractivity contribution >= 4 is 11.4 Å². The van der Waals surface area contributed by atoms with Gasteiger partial charge in [-0.2, -0.15) is 5.53 Å². The van der Waals surface area contributed by atoms with Crippen molar-refractivity contribution in [2.75, 3.05) is 24.6 Å². The van der Waals surface area contributed by atoms with Gasteiger partial charge in [-0.3, -0.25) is 0 Å². The maximum atomic E-state index is 5.91. The lowest BCUT2D eigenvalue weighted by atomic mass is 10.1. The van der Waals surface area contributed by atoms with Gasteiger partial charge in [0.05, 0.1) is 6.61 Å². The second-order valence-corrected chi connectivity index (χ2v) is 5.74. The summed E-state index contributed by atoms with van der Waals surface area (Å²) < 4.78 is 5.91. The molecule has 1 heterocycles. The van der Waals surface area contributed by atoms with Crippen LogP contribution in [0.5, 0.6) is 5.75 Å². The third-order valence-electron chi connectivity index (χ3n) is 4.06. The van der Waals surface area contributed by atoms with Crippen LogP contribution in [0.4, 0.5) is 11.4 Å². The first kappa shape index (κ1) is 15.8. The first-order valence-electron chi connectivity index (χ1n) is 8.28. The summed E-state index contributed by atoms with van der Waals surface area (Å²) in [6.45, 7) is 5.23. The van der Waals surface area contributed by atoms with Crippen molar-refractivity contribution in [2.45, 2.75) is 51.9 Å². The van der Waals surface area contributed by atoms with Gasteiger partial charge >= 0.3 is 0 Å². The van der Waals surface area contributed by atoms with E-state index in [4.69, 9.17) is 10.3 Å². The van der Waals surface area contributed by atoms with E-state index >= 15 is 0 Å². The van der Waals surface area contributed by atoms with Gasteiger partial charge in [-0.1, -0.05) is 26.2 Å². The molecule has 2 N–H and O–H groups in total. The number of benzene rings is 1. The number of hydrogen-bond donors (Lipinski definition) is 1. The normalized spacial score (nSPS) is 15.0. The van der Waals surface area contributed by atoms with Crippen molar-refractivity contribution in [3.63, 3.8) is 0 Å². The fraction of sp³-hybridized carbons (Fsp3) is 0.647. The number of rotatable bonds is 8. The number of anilines is 1. The molecule has 1 saturated heterocycles. The van der Waals surface area contributed by atoms with Crippen LogP contribution in [0.15, 0.2) is 23.3 Å². The highest BCUT2D eigenvalue weighted by Crippen LogP contribution is 2.32. The average Bonchev–Trinajstić information content (AvgIpc) is 2.55. The molecule has 0 saturated carbocycles. The smallest absolute Gasteiger partial charge is 0.171 e. The van der Waals surface area contributed by atoms with Gasteiger partial charge in [0.25, 0.3) is 0 Å². The maximum absolute atomic E-state index is 5.91. The Morgan fingerprint density at radius 3 is 2.67 bits per heavy atom. The van der Waals surface area contributed by atoms with E-state index in [0.29, 0.717) is 0 Å². The Balaban J connectivity index is 1.97. The summed E-state index contributed by atoms with van der Waals surface area (Å²) in [6.07, 6.45) is 8.71. The lowest BCUT2D eigenvalue weighted by molar-refractivity contribution is -0.210. The molecular formula is C17H28N3O+. The second-order valence-electron chi connectivity index (χ2n) is 5.74. The zero-order valence-electron chi connectivity index (χ0n) is 13.2. The molecule has 1 aliphatic rings. The Kier molecular flexibility index (Phi) is 6.51. The molecule has 1 aromatic carbocycles. The van der Waals surface area contributed by atoms with E-state index in [0.717, 1.165) is 37.6 Å². The summed E-state index contributed by atoms with van der Waals surface area (Å²) >= 11 is 0. The molecule has 4 heteroatoms. The summed E-state index contributed by atoms with van der Waals surface area (Å²) in [5.41, 5.74) is 7.43. The molecule has 4 nitrogen and oxygen atoms in total. The summed E-state index contributed by atoms with van der Waals surface area (Å²) in [5.74, 6) is 0.817. The summed E-state index contributed by atoms with van der Waals surface area (Å²) in [7, 11) is 0. The minimum absolute atomic E-state index is 0.742. The van der Waals surface area contributed by atoms with Gasteiger partial charge in [0.15, 0.2) is 11.4 Å². The number of unbranched alkanes of at least 4 members (excludes halogenated alkanes) is 3. The summed E-state index contributed by atoms with van der Waals surface area (Å²) in [4.78, 5) is 2.42. The van der Waals surface area contributed by atoms with Crippen LogP contribution in [0.3, 0.4) is 0 Å². The largest absolute Gasteiger partial charge is 0.491 e. The van der Waals surface area contributed by atoms with Crippen LogP contribution in [-0.4, -0.2) is 19.7 Å². The summed E-state index contributed by atoms with van der Waals surface area (Å²) in [6, 6.07) is 6.16. The Morgan fingerprint density at radius 1 is 1.14 bits per heavy atom. The van der Waals surface area contributed by atoms with Crippen LogP contribution in [0.25, 0.3) is 0 Å². The molecule has 1 aliphatic heterocycles. The number of hydrogen-bond acceptors (Lipinski definition) is 3. The van der Waals surface area contributed by atoms with Crippen LogP contribution in [0.2, 0.25) is 0 Å². The number of nitrogens with two attached hydrogens (primary N) is 1. The van der Waals surface area contributed by atoms with E-state index in [9.17, 15) is 0 Å². The van der Waals surface area contributed by atoms with Gasteiger partial charge < -0.3 is 9.64 Å². The Bertz CT molecular complexity index is 442. The molecule has 2 rings (SSSR count). The minimum atomic E-state index is 0.742. The van der Waals surface area contributed by atoms with Crippen molar-refractivity contribution < 1.29 is 10.3 Å². The van der Waals surface area contributed by atoms with Gasteiger partial charge in [-0.25, -0.2) is 0 Å². The number of nitrogens with zero attached hydrogens (tertiary/aromatic N) is 2. The molecule has 0 radical (unpaired) electrons. The Labute approximate surface area is 128 Å². The van der Waals surface area contributed by atoms with Crippen LogP contribution in [0.1, 0.15) is 51.9 Å². The van der Waals surface area contributed by atoms with E-state index in [1.165, 1.54) is 44.2 Å². The minimum Gasteiger partial charge on any atom is -0.491 e. The standard InChI is InChI=1S/C17H27N3O/c1-2-3-4-8-13-21-17-14-15(9-10-16(17)19-18)20-11-6-5-7-12-20/h9-10,14,18H,2-8,11-13H2,1H3/p+1. The molecule has 1 aromatic rings. The van der Waals surface area contributed by atoms with Crippen LogP contribution < -0.4 is 15.2 Å². The van der Waals surface area contributed by atoms with E-state index in [2.05, 4.69) is 29.1 Å². The van der Waals surface area contributed by atoms with Gasteiger partial charge in [0, 0.05) is 24.8 Å². The molecule has 116 valence electrons. The second kappa shape index (κ2) is 8.65. The molecular weight excluding hydrogens is 262 g/mol. The quantitative estimate of drug-likeness (QED) is 0.588. The van der Waals surface area contributed by atoms with Gasteiger partial charge in [-0.05, 0) is 42.9 Å². The SMILES string of the molecule is CCCCCCOc1cc(N2CCCCC2)ccc1N=[NH2+]. The van der Waals surface area contributed by atoms with E-state index in [1.807, 2.05) is 6.07 Å². The van der Waals surface area contributed by atoms with Gasteiger partial charge in [0.2, 0.25) is 0 Å². The van der Waals surface area contributed by atoms with Crippen LogP contribution in [0, 0.1) is 0 Å². The fourth-order valence-electron chi connectivity index (χ4n) is 2.78. The lowest BCUT2D eigenvalue weighted by Crippen LogP contribution is -2.29. The Morgan fingerprint density at radius 2 is 1.95 bits per heavy atom. The van der Waals surface area contributed by atoms with Crippen molar-refractivity contribution in [1.82, 2.24) is 0 Å². The van der Waals surface area contributed by atoms with E-state index in [1.54, 1.807) is 0 Å². The zero-order chi connectivity index (χ0) is 14.9. The fourth-order valence-corrected chi connectivity index (χ4v) is 2.78. The lowest BCUT2D eigenvalue weighted by Gasteiger charge is -2.29. The van der Waals surface area contributed by atoms with Crippen molar-refractivity contribution in [3.05, 3.63) is 18.2 Å². The number of ether oxygens (including phenoxy) is 1. The van der Waals surface area contributed by atoms with Gasteiger partial charge in [0.1, 0.15) is 0 Å². The Hall–Kier alpha value is -1.58. The third-order valence-corrected chi connectivity index (χ3v) is 4.06. The van der Waals surface area contributed by atoms with Crippen molar-refractivity contribution in [2.24, 2.45) is 5.11 Å². The molecule has 0 aliphatic carbocycles. The predicted molar refractivity (Wildman–Crippen MR) is 86.2 cm³/mol. The van der Waals surface area contributed by atoms with Crippen molar-refractivity contribution in [1.29, 1.82) is 0 Å². The third kappa shape index (κ3) is 4.73. The molecule has 0 spiro atoms.